The molecule has 0 aliphatic heterocycles. The minimum atomic E-state index is -0.616. The van der Waals surface area contributed by atoms with Crippen molar-refractivity contribution in [1.82, 2.24) is 9.99 Å². The van der Waals surface area contributed by atoms with Crippen molar-refractivity contribution >= 4 is 23.0 Å². The summed E-state index contributed by atoms with van der Waals surface area (Å²) in [5, 5.41) is 34.9. The maximum absolute atomic E-state index is 13.3. The highest BCUT2D eigenvalue weighted by Crippen LogP contribution is 2.32. The number of aromatic hydroxyl groups is 1. The van der Waals surface area contributed by atoms with E-state index in [1.807, 2.05) is 19.9 Å². The second-order valence-corrected chi connectivity index (χ2v) is 9.59. The lowest BCUT2D eigenvalue weighted by molar-refractivity contribution is 0.0946. The van der Waals surface area contributed by atoms with Gasteiger partial charge in [0.05, 0.1) is 11.4 Å². The summed E-state index contributed by atoms with van der Waals surface area (Å²) < 4.78 is 0.949. The molecule has 0 spiro atoms. The predicted octanol–water partition coefficient (Wildman–Crippen LogP) is 6.34. The summed E-state index contributed by atoms with van der Waals surface area (Å²) in [6, 6.07) is 8.62. The molecule has 1 aromatic carbocycles. The van der Waals surface area contributed by atoms with Gasteiger partial charge in [-0.25, -0.2) is 0 Å². The van der Waals surface area contributed by atoms with Gasteiger partial charge in [0, 0.05) is 25.2 Å². The first-order chi connectivity index (χ1) is 18.9. The molecule has 1 amide bonds. The van der Waals surface area contributed by atoms with Gasteiger partial charge in [-0.05, 0) is 49.4 Å². The number of unbranched alkanes of at least 4 members (excludes halogenated alkanes) is 3. The Morgan fingerprint density at radius 3 is 2.31 bits per heavy atom. The molecular formula is C29H43N7O3. The molecular weight excluding hydrogens is 494 g/mol. The van der Waals surface area contributed by atoms with E-state index in [1.54, 1.807) is 24.3 Å². The number of amides is 1. The van der Waals surface area contributed by atoms with Gasteiger partial charge in [-0.15, -0.1) is 5.11 Å². The lowest BCUT2D eigenvalue weighted by atomic mass is 9.99. The van der Waals surface area contributed by atoms with Crippen LogP contribution in [0.1, 0.15) is 95.0 Å². The summed E-state index contributed by atoms with van der Waals surface area (Å²) in [6.07, 6.45) is 7.80. The molecule has 0 bridgehead atoms. The zero-order valence-electron chi connectivity index (χ0n) is 23.7. The number of aromatic nitrogens is 1. The number of rotatable bonds is 17. The zero-order chi connectivity index (χ0) is 28.6. The van der Waals surface area contributed by atoms with Gasteiger partial charge in [0.25, 0.3) is 5.91 Å². The Bertz CT molecular complexity index is 1180. The summed E-state index contributed by atoms with van der Waals surface area (Å²) in [4.78, 5) is 25.9. The maximum atomic E-state index is 13.3. The Morgan fingerprint density at radius 2 is 1.69 bits per heavy atom. The van der Waals surface area contributed by atoms with Crippen LogP contribution in [0, 0.1) is 17.2 Å². The number of anilines is 1. The molecule has 0 aliphatic carbocycles. The third-order valence-corrected chi connectivity index (χ3v) is 6.56. The van der Waals surface area contributed by atoms with Gasteiger partial charge in [-0.2, -0.15) is 15.1 Å². The topological polar surface area (TPSA) is 144 Å². The Labute approximate surface area is 231 Å². The van der Waals surface area contributed by atoms with Crippen LogP contribution in [0.5, 0.6) is 5.88 Å². The molecule has 4 N–H and O–H groups in total. The second-order valence-electron chi connectivity index (χ2n) is 9.59. The predicted molar refractivity (Wildman–Crippen MR) is 156 cm³/mol. The number of nitrogens with one attached hydrogen (secondary N) is 3. The normalized spacial score (nSPS) is 11.8. The third-order valence-electron chi connectivity index (χ3n) is 6.56. The first-order valence-electron chi connectivity index (χ1n) is 14.1. The van der Waals surface area contributed by atoms with Gasteiger partial charge in [0.15, 0.2) is 5.69 Å². The number of azo groups is 1. The van der Waals surface area contributed by atoms with Crippen molar-refractivity contribution in [2.75, 3.05) is 30.4 Å². The van der Waals surface area contributed by atoms with Crippen molar-refractivity contribution < 1.29 is 9.90 Å². The van der Waals surface area contributed by atoms with Crippen LogP contribution in [0.25, 0.3) is 0 Å². The van der Waals surface area contributed by atoms with Crippen LogP contribution >= 0.6 is 0 Å². The molecule has 0 fully saturated rings. The number of carbonyl (C=O) groups is 1. The van der Waals surface area contributed by atoms with E-state index < -0.39 is 11.4 Å². The highest BCUT2D eigenvalue weighted by Gasteiger charge is 2.22. The molecule has 2 rings (SSSR count). The van der Waals surface area contributed by atoms with E-state index in [0.717, 1.165) is 56.0 Å². The van der Waals surface area contributed by atoms with Gasteiger partial charge in [-0.3, -0.25) is 9.59 Å². The highest BCUT2D eigenvalue weighted by atomic mass is 16.3. The van der Waals surface area contributed by atoms with Crippen LogP contribution in [0.2, 0.25) is 0 Å². The number of pyridine rings is 1. The second kappa shape index (κ2) is 16.9. The van der Waals surface area contributed by atoms with Gasteiger partial charge in [-0.1, -0.05) is 59.8 Å². The van der Waals surface area contributed by atoms with Gasteiger partial charge in [0.1, 0.15) is 11.6 Å². The van der Waals surface area contributed by atoms with Crippen LogP contribution in [0.15, 0.2) is 39.3 Å². The minimum absolute atomic E-state index is 0.0797. The Morgan fingerprint density at radius 1 is 1.03 bits per heavy atom. The first-order valence-corrected chi connectivity index (χ1v) is 14.1. The van der Waals surface area contributed by atoms with E-state index in [2.05, 4.69) is 40.1 Å². The van der Waals surface area contributed by atoms with Crippen molar-refractivity contribution in [3.63, 3.8) is 0 Å². The SMILES string of the molecule is CCCCNc1c(C#N)c(O)n(NCCCC)c(=O)c1N=Nc1ccc(C(=O)NCC(CC)CCCC)cc1. The summed E-state index contributed by atoms with van der Waals surface area (Å²) >= 11 is 0. The fourth-order valence-corrected chi connectivity index (χ4v) is 4.00. The van der Waals surface area contributed by atoms with E-state index in [0.29, 0.717) is 36.8 Å². The van der Waals surface area contributed by atoms with Crippen LogP contribution in [0.4, 0.5) is 17.1 Å². The maximum Gasteiger partial charge on any atom is 0.301 e. The average Bonchev–Trinajstić information content (AvgIpc) is 2.95. The number of hydrogen-bond donors (Lipinski definition) is 4. The van der Waals surface area contributed by atoms with Crippen molar-refractivity contribution in [3.05, 3.63) is 45.7 Å². The van der Waals surface area contributed by atoms with Gasteiger partial charge >= 0.3 is 5.56 Å². The average molecular weight is 538 g/mol. The van der Waals surface area contributed by atoms with Gasteiger partial charge < -0.3 is 21.2 Å². The molecule has 212 valence electrons. The molecule has 10 heteroatoms. The molecule has 1 atom stereocenters. The summed E-state index contributed by atoms with van der Waals surface area (Å²) in [5.74, 6) is -0.146. The minimum Gasteiger partial charge on any atom is -0.492 e. The molecule has 1 heterocycles. The molecule has 2 aromatic rings. The Hall–Kier alpha value is -3.87. The number of nitrogens with zero attached hydrogens (tertiary/aromatic N) is 4. The standard InChI is InChI=1S/C29H43N7O3/c1-5-9-12-21(8-4)20-32-27(37)22-13-15-23(16-14-22)34-35-26-25(31-17-10-6-2)24(19-30)28(38)36(29(26)39)33-18-11-7-3/h13-16,21,31,33,38H,5-12,17-18,20H2,1-4H3,(H,32,37). The molecule has 1 aromatic heterocycles. The van der Waals surface area contributed by atoms with E-state index in [4.69, 9.17) is 0 Å². The fraction of sp³-hybridized carbons (Fsp3) is 0.552. The third kappa shape index (κ3) is 9.13. The van der Waals surface area contributed by atoms with Crippen LogP contribution < -0.4 is 21.6 Å². The molecule has 0 saturated carbocycles. The van der Waals surface area contributed by atoms with E-state index in [1.165, 1.54) is 0 Å². The van der Waals surface area contributed by atoms with Crippen molar-refractivity contribution in [2.45, 2.75) is 79.1 Å². The lowest BCUT2D eigenvalue weighted by Crippen LogP contribution is -2.30. The highest BCUT2D eigenvalue weighted by molar-refractivity contribution is 5.94. The lowest BCUT2D eigenvalue weighted by Gasteiger charge is -2.17. The number of carbonyl (C=O) groups excluding carboxylic acids is 1. The molecule has 0 saturated heterocycles. The van der Waals surface area contributed by atoms with E-state index in [-0.39, 0.29) is 22.8 Å². The quantitative estimate of drug-likeness (QED) is 0.137. The van der Waals surface area contributed by atoms with Gasteiger partial charge in [0.2, 0.25) is 5.88 Å². The van der Waals surface area contributed by atoms with E-state index >= 15 is 0 Å². The molecule has 0 aliphatic rings. The zero-order valence-corrected chi connectivity index (χ0v) is 23.7. The summed E-state index contributed by atoms with van der Waals surface area (Å²) in [6.45, 7) is 9.93. The van der Waals surface area contributed by atoms with Crippen molar-refractivity contribution in [1.29, 1.82) is 5.26 Å². The molecule has 39 heavy (non-hydrogen) atoms. The largest absolute Gasteiger partial charge is 0.492 e. The van der Waals surface area contributed by atoms with E-state index in [9.17, 15) is 20.0 Å². The Balaban J connectivity index is 2.30. The number of hydrogen-bond acceptors (Lipinski definition) is 8. The number of nitriles is 1. The Kier molecular flexibility index (Phi) is 13.6. The number of benzene rings is 1. The van der Waals surface area contributed by atoms with Crippen LogP contribution in [-0.4, -0.2) is 35.3 Å². The summed E-state index contributed by atoms with van der Waals surface area (Å²) in [5.41, 5.74) is 3.20. The summed E-state index contributed by atoms with van der Waals surface area (Å²) in [7, 11) is 0. The van der Waals surface area contributed by atoms with Crippen molar-refractivity contribution in [2.24, 2.45) is 16.1 Å². The first kappa shape index (κ1) is 31.3. The van der Waals surface area contributed by atoms with Crippen molar-refractivity contribution in [3.8, 4) is 11.9 Å². The molecule has 0 radical (unpaired) electrons. The van der Waals surface area contributed by atoms with Crippen LogP contribution in [-0.2, 0) is 0 Å². The smallest absolute Gasteiger partial charge is 0.301 e. The molecule has 10 nitrogen and oxygen atoms in total. The van der Waals surface area contributed by atoms with Crippen LogP contribution in [0.3, 0.4) is 0 Å². The fourth-order valence-electron chi connectivity index (χ4n) is 4.00. The monoisotopic (exact) mass is 537 g/mol. The molecule has 1 unspecified atom stereocenters.